The number of nitrogens with zero attached hydrogens (tertiary/aromatic N) is 4. The number of likely N-dealkylation sites (tertiary alicyclic amines) is 1. The van der Waals surface area contributed by atoms with Crippen molar-refractivity contribution >= 4 is 39.1 Å². The van der Waals surface area contributed by atoms with Gasteiger partial charge >= 0.3 is 6.18 Å². The van der Waals surface area contributed by atoms with E-state index in [1.165, 1.54) is 17.4 Å². The van der Waals surface area contributed by atoms with Crippen LogP contribution >= 0.6 is 27.3 Å². The number of benzene rings is 1. The van der Waals surface area contributed by atoms with Gasteiger partial charge in [0, 0.05) is 60.7 Å². The van der Waals surface area contributed by atoms with Crippen LogP contribution in [0, 0.1) is 0 Å². The first kappa shape index (κ1) is 21.3. The molecule has 6 nitrogen and oxygen atoms in total. The highest BCUT2D eigenvalue weighted by molar-refractivity contribution is 9.10. The zero-order chi connectivity index (χ0) is 21.5. The lowest BCUT2D eigenvalue weighted by Crippen LogP contribution is -2.64. The Morgan fingerprint density at radius 1 is 1.03 bits per heavy atom. The van der Waals surface area contributed by atoms with Crippen molar-refractivity contribution in [1.82, 2.24) is 19.7 Å². The van der Waals surface area contributed by atoms with Crippen LogP contribution in [0.25, 0.3) is 0 Å². The number of rotatable bonds is 3. The van der Waals surface area contributed by atoms with E-state index in [0.717, 1.165) is 12.1 Å². The van der Waals surface area contributed by atoms with E-state index in [-0.39, 0.29) is 22.0 Å². The van der Waals surface area contributed by atoms with Crippen molar-refractivity contribution in [1.29, 1.82) is 0 Å². The first-order chi connectivity index (χ1) is 14.2. The first-order valence-corrected chi connectivity index (χ1v) is 11.0. The summed E-state index contributed by atoms with van der Waals surface area (Å²) in [5.41, 5.74) is 1.26. The van der Waals surface area contributed by atoms with Crippen LogP contribution in [0.5, 0.6) is 0 Å². The van der Waals surface area contributed by atoms with Gasteiger partial charge in [-0.1, -0.05) is 15.9 Å². The van der Waals surface area contributed by atoms with Gasteiger partial charge in [0.25, 0.3) is 11.8 Å². The smallest absolute Gasteiger partial charge is 0.335 e. The molecule has 0 N–H and O–H groups in total. The number of piperazine rings is 1. The molecule has 2 aromatic rings. The highest BCUT2D eigenvalue weighted by Gasteiger charge is 2.38. The summed E-state index contributed by atoms with van der Waals surface area (Å²) in [4.78, 5) is 34.6. The van der Waals surface area contributed by atoms with Crippen LogP contribution < -0.4 is 0 Å². The molecule has 30 heavy (non-hydrogen) atoms. The second-order valence-corrected chi connectivity index (χ2v) is 8.93. The van der Waals surface area contributed by atoms with Crippen LogP contribution in [0.15, 0.2) is 33.6 Å². The Bertz CT molecular complexity index is 940. The fourth-order valence-electron chi connectivity index (χ4n) is 3.68. The molecule has 2 aliphatic heterocycles. The third-order valence-corrected chi connectivity index (χ3v) is 6.44. The standard InChI is InChI=1S/C19H18BrF3N4O2S/c20-14-6-12(5-13(7-14)19(21,22)23)17(28)27-8-15(9-27)25-1-3-26(4-2-25)18(29)16-10-30-11-24-16/h5-7,10-11,15H,1-4,8-9H2. The Morgan fingerprint density at radius 3 is 2.33 bits per heavy atom. The number of hydrogen-bond donors (Lipinski definition) is 0. The van der Waals surface area contributed by atoms with E-state index in [1.54, 1.807) is 20.7 Å². The summed E-state index contributed by atoms with van der Waals surface area (Å²) in [6.07, 6.45) is -4.51. The molecular formula is C19H18BrF3N4O2S. The number of carbonyl (C=O) groups is 2. The molecule has 4 rings (SSSR count). The summed E-state index contributed by atoms with van der Waals surface area (Å²) in [6.45, 7) is 3.48. The van der Waals surface area contributed by atoms with Gasteiger partial charge in [-0.05, 0) is 18.2 Å². The van der Waals surface area contributed by atoms with Crippen LogP contribution in [-0.2, 0) is 6.18 Å². The van der Waals surface area contributed by atoms with Crippen LogP contribution in [0.1, 0.15) is 26.4 Å². The second kappa shape index (κ2) is 8.27. The van der Waals surface area contributed by atoms with Gasteiger partial charge in [-0.25, -0.2) is 4.98 Å². The molecule has 0 unspecified atom stereocenters. The minimum atomic E-state index is -4.51. The molecule has 0 bridgehead atoms. The Balaban J connectivity index is 1.31. The number of halogens is 4. The lowest BCUT2D eigenvalue weighted by Gasteiger charge is -2.48. The van der Waals surface area contributed by atoms with Crippen molar-refractivity contribution < 1.29 is 22.8 Å². The Hall–Kier alpha value is -1.98. The maximum absolute atomic E-state index is 13.0. The van der Waals surface area contributed by atoms with Crippen molar-refractivity contribution in [2.24, 2.45) is 0 Å². The van der Waals surface area contributed by atoms with Crippen molar-refractivity contribution in [3.63, 3.8) is 0 Å². The topological polar surface area (TPSA) is 56.8 Å². The van der Waals surface area contributed by atoms with Gasteiger partial charge in [0.05, 0.1) is 11.1 Å². The first-order valence-electron chi connectivity index (χ1n) is 9.31. The maximum atomic E-state index is 13.0. The molecular weight excluding hydrogens is 485 g/mol. The molecule has 1 aromatic carbocycles. The highest BCUT2D eigenvalue weighted by atomic mass is 79.9. The second-order valence-electron chi connectivity index (χ2n) is 7.29. The van der Waals surface area contributed by atoms with Gasteiger partial charge in [0.15, 0.2) is 0 Å². The molecule has 2 saturated heterocycles. The van der Waals surface area contributed by atoms with Gasteiger partial charge in [-0.3, -0.25) is 14.5 Å². The fraction of sp³-hybridized carbons (Fsp3) is 0.421. The molecule has 0 radical (unpaired) electrons. The molecule has 1 aromatic heterocycles. The van der Waals surface area contributed by atoms with E-state index >= 15 is 0 Å². The number of alkyl halides is 3. The third kappa shape index (κ3) is 4.37. The lowest BCUT2D eigenvalue weighted by molar-refractivity contribution is -0.137. The summed E-state index contributed by atoms with van der Waals surface area (Å²) in [6, 6.07) is 3.42. The van der Waals surface area contributed by atoms with Gasteiger partial charge in [0.1, 0.15) is 5.69 Å². The molecule has 0 saturated carbocycles. The molecule has 0 spiro atoms. The van der Waals surface area contributed by atoms with E-state index in [9.17, 15) is 22.8 Å². The van der Waals surface area contributed by atoms with Gasteiger partial charge < -0.3 is 9.80 Å². The van der Waals surface area contributed by atoms with Crippen LogP contribution in [0.2, 0.25) is 0 Å². The van der Waals surface area contributed by atoms with Crippen molar-refractivity contribution in [2.75, 3.05) is 39.3 Å². The van der Waals surface area contributed by atoms with Gasteiger partial charge in [-0.15, -0.1) is 11.3 Å². The summed E-state index contributed by atoms with van der Waals surface area (Å²) in [5, 5.41) is 1.73. The van der Waals surface area contributed by atoms with Gasteiger partial charge in [-0.2, -0.15) is 13.2 Å². The average Bonchev–Trinajstić information content (AvgIpc) is 3.20. The van der Waals surface area contributed by atoms with E-state index in [2.05, 4.69) is 25.8 Å². The molecule has 11 heteroatoms. The minimum Gasteiger partial charge on any atom is -0.335 e. The van der Waals surface area contributed by atoms with E-state index in [0.29, 0.717) is 45.0 Å². The molecule has 0 atom stereocenters. The van der Waals surface area contributed by atoms with Crippen LogP contribution in [0.4, 0.5) is 13.2 Å². The van der Waals surface area contributed by atoms with Crippen LogP contribution in [0.3, 0.4) is 0 Å². The predicted octanol–water partition coefficient (Wildman–Crippen LogP) is 3.21. The number of aromatic nitrogens is 1. The summed E-state index contributed by atoms with van der Waals surface area (Å²) in [7, 11) is 0. The minimum absolute atomic E-state index is 0.0221. The Kier molecular flexibility index (Phi) is 5.86. The molecule has 2 amide bonds. The number of thiazole rings is 1. The number of amides is 2. The molecule has 0 aliphatic carbocycles. The largest absolute Gasteiger partial charge is 0.416 e. The maximum Gasteiger partial charge on any atom is 0.416 e. The Morgan fingerprint density at radius 2 is 1.73 bits per heavy atom. The Labute approximate surface area is 183 Å². The average molecular weight is 503 g/mol. The zero-order valence-corrected chi connectivity index (χ0v) is 18.1. The summed E-state index contributed by atoms with van der Waals surface area (Å²) < 4.78 is 39.2. The van der Waals surface area contributed by atoms with Gasteiger partial charge in [0.2, 0.25) is 0 Å². The summed E-state index contributed by atoms with van der Waals surface area (Å²) >= 11 is 4.44. The third-order valence-electron chi connectivity index (χ3n) is 5.39. The van der Waals surface area contributed by atoms with E-state index < -0.39 is 17.6 Å². The van der Waals surface area contributed by atoms with E-state index in [1.807, 2.05) is 0 Å². The lowest BCUT2D eigenvalue weighted by atomic mass is 10.0. The zero-order valence-electron chi connectivity index (χ0n) is 15.7. The SMILES string of the molecule is O=C(c1cc(Br)cc(C(F)(F)F)c1)N1CC(N2CCN(C(=O)c3cscn3)CC2)C1. The highest BCUT2D eigenvalue weighted by Crippen LogP contribution is 2.32. The monoisotopic (exact) mass is 502 g/mol. The molecule has 160 valence electrons. The molecule has 2 aliphatic rings. The van der Waals surface area contributed by atoms with Crippen molar-refractivity contribution in [3.8, 4) is 0 Å². The van der Waals surface area contributed by atoms with E-state index in [4.69, 9.17) is 0 Å². The molecule has 2 fully saturated rings. The van der Waals surface area contributed by atoms with Crippen LogP contribution in [-0.4, -0.2) is 76.8 Å². The molecule has 3 heterocycles. The van der Waals surface area contributed by atoms with Crippen molar-refractivity contribution in [2.45, 2.75) is 12.2 Å². The summed E-state index contributed by atoms with van der Waals surface area (Å²) in [5.74, 6) is -0.480. The quantitative estimate of drug-likeness (QED) is 0.646. The fourth-order valence-corrected chi connectivity index (χ4v) is 4.70. The normalized spacial score (nSPS) is 18.4. The predicted molar refractivity (Wildman–Crippen MR) is 108 cm³/mol. The number of carbonyl (C=O) groups excluding carboxylic acids is 2. The van der Waals surface area contributed by atoms with Crippen molar-refractivity contribution in [3.05, 3.63) is 50.4 Å². The number of hydrogen-bond acceptors (Lipinski definition) is 5.